The fraction of sp³-hybridized carbons (Fsp3) is 0.0800. The maximum Gasteiger partial charge on any atom is 0.414 e. The highest BCUT2D eigenvalue weighted by Crippen LogP contribution is 2.31. The van der Waals surface area contributed by atoms with E-state index in [4.69, 9.17) is 9.15 Å². The first-order chi connectivity index (χ1) is 16.5. The van der Waals surface area contributed by atoms with Crippen LogP contribution in [0.15, 0.2) is 77.3 Å². The number of oxazole rings is 1. The molecule has 2 heterocycles. The average Bonchev–Trinajstić information content (AvgIpc) is 3.50. The summed E-state index contributed by atoms with van der Waals surface area (Å²) >= 11 is 0. The number of anilines is 2. The molecule has 0 unspecified atom stereocenters. The Morgan fingerprint density at radius 3 is 2.50 bits per heavy atom. The van der Waals surface area contributed by atoms with Gasteiger partial charge in [-0.25, -0.2) is 18.6 Å². The number of ether oxygens (including phenoxy) is 1. The number of carbonyl (C=O) groups excluding carboxylic acids is 2. The van der Waals surface area contributed by atoms with Crippen LogP contribution in [0.25, 0.3) is 22.8 Å². The lowest BCUT2D eigenvalue weighted by atomic mass is 10.1. The maximum atomic E-state index is 14.5. The summed E-state index contributed by atoms with van der Waals surface area (Å²) < 4.78 is 39.2. The van der Waals surface area contributed by atoms with Crippen LogP contribution in [0.5, 0.6) is 0 Å². The standard InChI is InChI=1S/C25H17F2N3O4/c26-19-8-4-3-7-18(19)22-14-28-24(34-22)17-6-2-1-5-16(17)23(31)29-21-13-15(9-10-20(21)27)30-11-12-33-25(30)32/h1-10,13-14H,11-12H2,(H,29,31). The number of hydrogen-bond donors (Lipinski definition) is 1. The number of amides is 2. The Labute approximate surface area is 192 Å². The van der Waals surface area contributed by atoms with Crippen molar-refractivity contribution in [3.8, 4) is 22.8 Å². The molecule has 3 aromatic carbocycles. The predicted molar refractivity (Wildman–Crippen MR) is 120 cm³/mol. The van der Waals surface area contributed by atoms with Gasteiger partial charge in [0.25, 0.3) is 5.91 Å². The van der Waals surface area contributed by atoms with Crippen LogP contribution in [0.1, 0.15) is 10.4 Å². The predicted octanol–water partition coefficient (Wildman–Crippen LogP) is 5.50. The third kappa shape index (κ3) is 3.99. The molecule has 1 aromatic heterocycles. The monoisotopic (exact) mass is 461 g/mol. The van der Waals surface area contributed by atoms with Crippen LogP contribution in [-0.4, -0.2) is 30.1 Å². The third-order valence-corrected chi connectivity index (χ3v) is 5.32. The number of carbonyl (C=O) groups is 2. The van der Waals surface area contributed by atoms with Crippen molar-refractivity contribution in [2.24, 2.45) is 0 Å². The van der Waals surface area contributed by atoms with Gasteiger partial charge in [-0.1, -0.05) is 24.3 Å². The number of benzene rings is 3. The first-order valence-corrected chi connectivity index (χ1v) is 10.4. The van der Waals surface area contributed by atoms with E-state index >= 15 is 0 Å². The van der Waals surface area contributed by atoms with Crippen LogP contribution >= 0.6 is 0 Å². The minimum atomic E-state index is -0.667. The molecular formula is C25H17F2N3O4. The number of rotatable bonds is 5. The quantitative estimate of drug-likeness (QED) is 0.425. The molecule has 34 heavy (non-hydrogen) atoms. The van der Waals surface area contributed by atoms with Crippen molar-refractivity contribution in [3.05, 3.63) is 90.1 Å². The Morgan fingerprint density at radius 1 is 0.971 bits per heavy atom. The molecule has 0 saturated carbocycles. The third-order valence-electron chi connectivity index (χ3n) is 5.32. The van der Waals surface area contributed by atoms with Crippen molar-refractivity contribution in [3.63, 3.8) is 0 Å². The molecule has 0 aliphatic carbocycles. The maximum absolute atomic E-state index is 14.5. The molecule has 0 bridgehead atoms. The van der Waals surface area contributed by atoms with Gasteiger partial charge in [-0.2, -0.15) is 0 Å². The molecule has 0 atom stereocenters. The van der Waals surface area contributed by atoms with Crippen LogP contribution in [0.3, 0.4) is 0 Å². The molecule has 9 heteroatoms. The van der Waals surface area contributed by atoms with Crippen LogP contribution in [0, 0.1) is 11.6 Å². The SMILES string of the molecule is O=C(Nc1cc(N2CCOC2=O)ccc1F)c1ccccc1-c1ncc(-c2ccccc2F)o1. The summed E-state index contributed by atoms with van der Waals surface area (Å²) in [5.74, 6) is -1.42. The van der Waals surface area contributed by atoms with Crippen LogP contribution in [0.2, 0.25) is 0 Å². The summed E-state index contributed by atoms with van der Waals surface area (Å²) in [4.78, 5) is 30.4. The van der Waals surface area contributed by atoms with Gasteiger partial charge in [-0.15, -0.1) is 0 Å². The van der Waals surface area contributed by atoms with Gasteiger partial charge in [0.2, 0.25) is 5.89 Å². The molecule has 0 radical (unpaired) electrons. The largest absolute Gasteiger partial charge is 0.447 e. The molecule has 1 aliphatic rings. The number of cyclic esters (lactones) is 1. The lowest BCUT2D eigenvalue weighted by Gasteiger charge is -2.15. The van der Waals surface area contributed by atoms with Gasteiger partial charge in [0.1, 0.15) is 18.2 Å². The van der Waals surface area contributed by atoms with Crippen molar-refractivity contribution in [2.75, 3.05) is 23.4 Å². The Kier molecular flexibility index (Phi) is 5.51. The van der Waals surface area contributed by atoms with Gasteiger partial charge in [0.05, 0.1) is 29.6 Å². The summed E-state index contributed by atoms with van der Waals surface area (Å²) in [6.45, 7) is 0.561. The minimum absolute atomic E-state index is 0.101. The Hall–Kier alpha value is -4.53. The molecule has 1 N–H and O–H groups in total. The van der Waals surface area contributed by atoms with Gasteiger partial charge in [-0.3, -0.25) is 9.69 Å². The molecule has 4 aromatic rings. The zero-order valence-corrected chi connectivity index (χ0v) is 17.6. The van der Waals surface area contributed by atoms with E-state index in [-0.39, 0.29) is 35.1 Å². The van der Waals surface area contributed by atoms with E-state index in [1.54, 1.807) is 36.4 Å². The molecule has 2 amide bonds. The Morgan fingerprint density at radius 2 is 1.74 bits per heavy atom. The fourth-order valence-corrected chi connectivity index (χ4v) is 3.65. The number of nitrogens with one attached hydrogen (secondary N) is 1. The highest BCUT2D eigenvalue weighted by Gasteiger charge is 2.25. The highest BCUT2D eigenvalue weighted by molar-refractivity contribution is 6.08. The molecule has 1 saturated heterocycles. The smallest absolute Gasteiger partial charge is 0.414 e. The summed E-state index contributed by atoms with van der Waals surface area (Å²) in [5.41, 5.74) is 1.06. The van der Waals surface area contributed by atoms with Gasteiger partial charge < -0.3 is 14.5 Å². The van der Waals surface area contributed by atoms with E-state index in [0.29, 0.717) is 17.8 Å². The normalized spacial score (nSPS) is 13.1. The molecule has 170 valence electrons. The first kappa shape index (κ1) is 21.3. The lowest BCUT2D eigenvalue weighted by Crippen LogP contribution is -2.23. The summed E-state index contributed by atoms with van der Waals surface area (Å²) in [6, 6.07) is 16.6. The van der Waals surface area contributed by atoms with Gasteiger partial charge in [0.15, 0.2) is 5.76 Å². The fourth-order valence-electron chi connectivity index (χ4n) is 3.65. The van der Waals surface area contributed by atoms with Crippen molar-refractivity contribution in [1.82, 2.24) is 4.98 Å². The molecule has 1 aliphatic heterocycles. The average molecular weight is 461 g/mol. The Balaban J connectivity index is 1.44. The second-order valence-corrected chi connectivity index (χ2v) is 7.44. The Bertz CT molecular complexity index is 1400. The van der Waals surface area contributed by atoms with Crippen LogP contribution in [0.4, 0.5) is 25.0 Å². The number of nitrogens with zero attached hydrogens (tertiary/aromatic N) is 2. The van der Waals surface area contributed by atoms with Crippen molar-refractivity contribution in [2.45, 2.75) is 0 Å². The number of hydrogen-bond acceptors (Lipinski definition) is 5. The van der Waals surface area contributed by atoms with E-state index in [9.17, 15) is 18.4 Å². The van der Waals surface area contributed by atoms with E-state index in [1.807, 2.05) is 0 Å². The molecule has 1 fully saturated rings. The zero-order chi connectivity index (χ0) is 23.7. The van der Waals surface area contributed by atoms with Crippen molar-refractivity contribution < 1.29 is 27.5 Å². The van der Waals surface area contributed by atoms with E-state index < -0.39 is 23.6 Å². The second-order valence-electron chi connectivity index (χ2n) is 7.44. The first-order valence-electron chi connectivity index (χ1n) is 10.4. The van der Waals surface area contributed by atoms with Gasteiger partial charge >= 0.3 is 6.09 Å². The number of halogens is 2. The zero-order valence-electron chi connectivity index (χ0n) is 17.6. The highest BCUT2D eigenvalue weighted by atomic mass is 19.1. The van der Waals surface area contributed by atoms with E-state index in [1.165, 1.54) is 35.4 Å². The topological polar surface area (TPSA) is 84.7 Å². The van der Waals surface area contributed by atoms with Crippen molar-refractivity contribution >= 4 is 23.4 Å². The minimum Gasteiger partial charge on any atom is -0.447 e. The van der Waals surface area contributed by atoms with Crippen LogP contribution < -0.4 is 10.2 Å². The van der Waals surface area contributed by atoms with E-state index in [2.05, 4.69) is 10.3 Å². The molecule has 5 rings (SSSR count). The van der Waals surface area contributed by atoms with Gasteiger partial charge in [0, 0.05) is 11.3 Å². The molecule has 7 nitrogen and oxygen atoms in total. The molecule has 0 spiro atoms. The number of aromatic nitrogens is 1. The van der Waals surface area contributed by atoms with E-state index in [0.717, 1.165) is 6.07 Å². The summed E-state index contributed by atoms with van der Waals surface area (Å²) in [7, 11) is 0. The second kappa shape index (κ2) is 8.78. The summed E-state index contributed by atoms with van der Waals surface area (Å²) in [5, 5.41) is 2.54. The van der Waals surface area contributed by atoms with Crippen LogP contribution in [-0.2, 0) is 4.74 Å². The summed E-state index contributed by atoms with van der Waals surface area (Å²) in [6.07, 6.45) is 0.838. The molecular weight excluding hydrogens is 444 g/mol. The lowest BCUT2D eigenvalue weighted by molar-refractivity contribution is 0.102. The van der Waals surface area contributed by atoms with Gasteiger partial charge in [-0.05, 0) is 42.5 Å². The van der Waals surface area contributed by atoms with Crippen molar-refractivity contribution in [1.29, 1.82) is 0 Å².